The van der Waals surface area contributed by atoms with E-state index in [4.69, 9.17) is 0 Å². The molecule has 0 bridgehead atoms. The fraction of sp³-hybridized carbons (Fsp3) is 0.462. The maximum atomic E-state index is 13.4. The summed E-state index contributed by atoms with van der Waals surface area (Å²) in [6.45, 7) is 5.96. The smallest absolute Gasteiger partial charge is 0.304 e. The Morgan fingerprint density at radius 3 is 2.55 bits per heavy atom. The van der Waals surface area contributed by atoms with Crippen LogP contribution in [0.1, 0.15) is 26.3 Å². The molecule has 0 radical (unpaired) electrons. The normalized spacial score (nSPS) is 11.2. The first kappa shape index (κ1) is 16.0. The number of nitrogens with zero attached hydrogens (tertiary/aromatic N) is 1. The minimum atomic E-state index is -0.881. The second-order valence-electron chi connectivity index (χ2n) is 5.44. The van der Waals surface area contributed by atoms with E-state index >= 15 is 0 Å². The third kappa shape index (κ3) is 5.31. The van der Waals surface area contributed by atoms with Gasteiger partial charge >= 0.3 is 5.69 Å². The van der Waals surface area contributed by atoms with Crippen LogP contribution >= 0.6 is 0 Å². The molecule has 0 aliphatic rings. The quantitative estimate of drug-likeness (QED) is 0.636. The van der Waals surface area contributed by atoms with Gasteiger partial charge in [0.2, 0.25) is 11.7 Å². The highest BCUT2D eigenvalue weighted by atomic mass is 19.1. The maximum absolute atomic E-state index is 13.4. The lowest BCUT2D eigenvalue weighted by molar-refractivity contribution is -0.387. The lowest BCUT2D eigenvalue weighted by Gasteiger charge is -2.20. The van der Waals surface area contributed by atoms with Crippen LogP contribution in [0.2, 0.25) is 0 Å². The molecule has 0 heterocycles. The monoisotopic (exact) mass is 283 g/mol. The molecule has 0 aromatic heterocycles. The highest BCUT2D eigenvalue weighted by molar-refractivity contribution is 5.78. The van der Waals surface area contributed by atoms with Crippen LogP contribution in [0.3, 0.4) is 0 Å². The number of hydrogen-bond donors (Lipinski definition) is 2. The van der Waals surface area contributed by atoms with Gasteiger partial charge < -0.3 is 10.6 Å². The van der Waals surface area contributed by atoms with Crippen molar-refractivity contribution in [1.29, 1.82) is 0 Å². The Morgan fingerprint density at radius 2 is 2.05 bits per heavy atom. The number of benzene rings is 1. The van der Waals surface area contributed by atoms with E-state index in [9.17, 15) is 19.3 Å². The first-order valence-corrected chi connectivity index (χ1v) is 6.13. The van der Waals surface area contributed by atoms with Gasteiger partial charge in [-0.15, -0.1) is 0 Å². The molecule has 110 valence electrons. The minimum Gasteiger partial charge on any atom is -0.350 e. The van der Waals surface area contributed by atoms with Crippen molar-refractivity contribution < 1.29 is 14.1 Å². The van der Waals surface area contributed by atoms with Crippen LogP contribution < -0.4 is 10.6 Å². The van der Waals surface area contributed by atoms with Crippen molar-refractivity contribution in [2.45, 2.75) is 32.9 Å². The van der Waals surface area contributed by atoms with Crippen LogP contribution in [0, 0.1) is 15.9 Å². The van der Waals surface area contributed by atoms with E-state index in [1.807, 2.05) is 20.8 Å². The number of carbonyl (C=O) groups excluding carboxylic acids is 1. The number of nitro benzene ring substituents is 1. The van der Waals surface area contributed by atoms with E-state index in [0.29, 0.717) is 5.56 Å². The zero-order chi connectivity index (χ0) is 15.3. The second kappa shape index (κ2) is 6.42. The van der Waals surface area contributed by atoms with Crippen molar-refractivity contribution in [1.82, 2.24) is 10.6 Å². The molecule has 7 heteroatoms. The number of nitro groups is 1. The molecule has 0 aliphatic heterocycles. The summed E-state index contributed by atoms with van der Waals surface area (Å²) in [5.74, 6) is -1.05. The highest BCUT2D eigenvalue weighted by Gasteiger charge is 2.15. The van der Waals surface area contributed by atoms with Gasteiger partial charge in [0.05, 0.1) is 11.5 Å². The Morgan fingerprint density at radius 1 is 1.40 bits per heavy atom. The number of hydrogen-bond acceptors (Lipinski definition) is 4. The Labute approximate surface area is 116 Å². The summed E-state index contributed by atoms with van der Waals surface area (Å²) in [6.07, 6.45) is 0. The molecule has 0 atom stereocenters. The Balaban J connectivity index is 2.49. The predicted octanol–water partition coefficient (Wildman–Crippen LogP) is 1.74. The Bertz CT molecular complexity index is 512. The van der Waals surface area contributed by atoms with Crippen LogP contribution in [-0.4, -0.2) is 22.9 Å². The minimum absolute atomic E-state index is 0.0931. The first-order valence-electron chi connectivity index (χ1n) is 6.13. The van der Waals surface area contributed by atoms with Crippen LogP contribution in [0.15, 0.2) is 18.2 Å². The van der Waals surface area contributed by atoms with Crippen molar-refractivity contribution >= 4 is 11.6 Å². The van der Waals surface area contributed by atoms with Crippen LogP contribution in [0.4, 0.5) is 10.1 Å². The van der Waals surface area contributed by atoms with E-state index in [1.54, 1.807) is 0 Å². The third-order valence-corrected chi connectivity index (χ3v) is 2.34. The fourth-order valence-corrected chi connectivity index (χ4v) is 1.59. The highest BCUT2D eigenvalue weighted by Crippen LogP contribution is 2.17. The van der Waals surface area contributed by atoms with Crippen molar-refractivity contribution in [3.8, 4) is 0 Å². The number of halogens is 1. The van der Waals surface area contributed by atoms with E-state index in [1.165, 1.54) is 6.07 Å². The van der Waals surface area contributed by atoms with Crippen LogP contribution in [0.25, 0.3) is 0 Å². The van der Waals surface area contributed by atoms with Gasteiger partial charge in [-0.2, -0.15) is 4.39 Å². The standard InChI is InChI=1S/C13H18FN3O3/c1-13(2,3)16-12(18)8-15-7-9-4-5-11(17(19)20)10(14)6-9/h4-6,15H,7-8H2,1-3H3,(H,16,18). The predicted molar refractivity (Wildman–Crippen MR) is 72.7 cm³/mol. The molecule has 0 fully saturated rings. The topological polar surface area (TPSA) is 84.3 Å². The molecule has 0 spiro atoms. The van der Waals surface area contributed by atoms with E-state index < -0.39 is 16.4 Å². The summed E-state index contributed by atoms with van der Waals surface area (Å²) < 4.78 is 13.4. The van der Waals surface area contributed by atoms with Gasteiger partial charge in [0.1, 0.15) is 0 Å². The van der Waals surface area contributed by atoms with Gasteiger partial charge in [0.15, 0.2) is 0 Å². The van der Waals surface area contributed by atoms with Gasteiger partial charge in [0.25, 0.3) is 0 Å². The molecule has 20 heavy (non-hydrogen) atoms. The summed E-state index contributed by atoms with van der Waals surface area (Å²) in [7, 11) is 0. The van der Waals surface area contributed by atoms with Gasteiger partial charge in [-0.1, -0.05) is 6.07 Å². The molecular weight excluding hydrogens is 265 g/mol. The number of amides is 1. The maximum Gasteiger partial charge on any atom is 0.304 e. The van der Waals surface area contributed by atoms with Gasteiger partial charge in [-0.25, -0.2) is 0 Å². The Kier molecular flexibility index (Phi) is 5.15. The summed E-state index contributed by atoms with van der Waals surface area (Å²) in [6, 6.07) is 3.66. The van der Waals surface area contributed by atoms with Crippen LogP contribution in [-0.2, 0) is 11.3 Å². The van der Waals surface area contributed by atoms with Crippen molar-refractivity contribution in [2.24, 2.45) is 0 Å². The van der Waals surface area contributed by atoms with Crippen LogP contribution in [0.5, 0.6) is 0 Å². The zero-order valence-electron chi connectivity index (χ0n) is 11.7. The van der Waals surface area contributed by atoms with Gasteiger partial charge in [-0.3, -0.25) is 14.9 Å². The summed E-state index contributed by atoms with van der Waals surface area (Å²) in [4.78, 5) is 21.2. The molecule has 0 aliphatic carbocycles. The fourth-order valence-electron chi connectivity index (χ4n) is 1.59. The molecule has 1 aromatic rings. The Hall–Kier alpha value is -2.02. The van der Waals surface area contributed by atoms with E-state index in [2.05, 4.69) is 10.6 Å². The van der Waals surface area contributed by atoms with E-state index in [0.717, 1.165) is 12.1 Å². The molecule has 1 amide bonds. The molecule has 6 nitrogen and oxygen atoms in total. The van der Waals surface area contributed by atoms with Crippen molar-refractivity contribution in [3.05, 3.63) is 39.7 Å². The SMILES string of the molecule is CC(C)(C)NC(=O)CNCc1ccc([N+](=O)[O-])c(F)c1. The van der Waals surface area contributed by atoms with Crippen molar-refractivity contribution in [2.75, 3.05) is 6.54 Å². The molecule has 1 rings (SSSR count). The molecule has 0 unspecified atom stereocenters. The number of carbonyl (C=O) groups is 1. The molecule has 2 N–H and O–H groups in total. The van der Waals surface area contributed by atoms with Gasteiger partial charge in [-0.05, 0) is 32.4 Å². The molecule has 0 saturated heterocycles. The number of nitrogens with one attached hydrogen (secondary N) is 2. The molecular formula is C13H18FN3O3. The zero-order valence-corrected chi connectivity index (χ0v) is 11.7. The first-order chi connectivity index (χ1) is 9.19. The molecule has 1 aromatic carbocycles. The lowest BCUT2D eigenvalue weighted by Crippen LogP contribution is -2.44. The third-order valence-electron chi connectivity index (χ3n) is 2.34. The summed E-state index contributed by atoms with van der Waals surface area (Å²) >= 11 is 0. The molecule has 0 saturated carbocycles. The van der Waals surface area contributed by atoms with Crippen molar-refractivity contribution in [3.63, 3.8) is 0 Å². The number of rotatable bonds is 5. The average molecular weight is 283 g/mol. The average Bonchev–Trinajstić information content (AvgIpc) is 2.25. The lowest BCUT2D eigenvalue weighted by atomic mass is 10.1. The van der Waals surface area contributed by atoms with Gasteiger partial charge in [0, 0.05) is 18.2 Å². The summed E-state index contributed by atoms with van der Waals surface area (Å²) in [5.41, 5.74) is -0.325. The van der Waals surface area contributed by atoms with E-state index in [-0.39, 0.29) is 24.5 Å². The summed E-state index contributed by atoms with van der Waals surface area (Å²) in [5, 5.41) is 16.1. The largest absolute Gasteiger partial charge is 0.350 e. The second-order valence-corrected chi connectivity index (χ2v) is 5.44.